The molecule has 0 aliphatic rings. The van der Waals surface area contributed by atoms with Crippen LogP contribution in [-0.2, 0) is 0 Å². The Kier molecular flexibility index (Phi) is 7.51. The number of ketones is 1. The smallest absolute Gasteiger partial charge is 0.351 e. The van der Waals surface area contributed by atoms with Gasteiger partial charge in [-0.15, -0.1) is 0 Å². The van der Waals surface area contributed by atoms with Gasteiger partial charge in [0.1, 0.15) is 16.9 Å². The Morgan fingerprint density at radius 2 is 1.65 bits per heavy atom. The summed E-state index contributed by atoms with van der Waals surface area (Å²) in [5.74, 6) is -2.03. The molecule has 128 valence electrons. The van der Waals surface area contributed by atoms with E-state index >= 15 is 0 Å². The monoisotopic (exact) mass is 323 g/mol. The average molecular weight is 323 g/mol. The Balaban J connectivity index is 2.81. The number of carbonyl (C=O) groups excluding carboxylic acids is 1. The molecule has 0 atom stereocenters. The first-order valence-electron chi connectivity index (χ1n) is 8.01. The number of unbranched alkanes of at least 4 members (excludes halogenated alkanes) is 5. The Bertz CT molecular complexity index is 631. The summed E-state index contributed by atoms with van der Waals surface area (Å²) >= 11 is 0. The second kappa shape index (κ2) is 9.12. The molecule has 23 heavy (non-hydrogen) atoms. The van der Waals surface area contributed by atoms with E-state index in [0.717, 1.165) is 19.3 Å². The third-order valence-corrected chi connectivity index (χ3v) is 3.66. The molecule has 1 rings (SSSR count). The molecule has 6 nitrogen and oxygen atoms in total. The van der Waals surface area contributed by atoms with Gasteiger partial charge in [0.15, 0.2) is 5.78 Å². The zero-order valence-electron chi connectivity index (χ0n) is 14.0. The molecular formula is C17H25NO5. The number of aliphatic imine (C=N–C) groups is 1. The van der Waals surface area contributed by atoms with E-state index in [1.165, 1.54) is 26.2 Å². The highest BCUT2D eigenvalue weighted by Crippen LogP contribution is 2.28. The summed E-state index contributed by atoms with van der Waals surface area (Å²) in [6.07, 6.45) is 6.76. The molecule has 1 heterocycles. The van der Waals surface area contributed by atoms with E-state index in [0.29, 0.717) is 12.3 Å². The summed E-state index contributed by atoms with van der Waals surface area (Å²) in [5.41, 5.74) is -1.17. The zero-order valence-corrected chi connectivity index (χ0v) is 14.0. The minimum atomic E-state index is -0.908. The van der Waals surface area contributed by atoms with Crippen molar-refractivity contribution >= 4 is 11.5 Å². The standard InChI is InChI=1S/C17H25NO5/c1-4-5-6-7-8-9-10-18-11(2)13-15(20)14(12(3)19)17(22)23-16(13)21/h20,22H,4-10H2,1-3H3. The number of nitrogens with zero attached hydrogens (tertiary/aromatic N) is 1. The lowest BCUT2D eigenvalue weighted by Gasteiger charge is -2.07. The predicted molar refractivity (Wildman–Crippen MR) is 88.8 cm³/mol. The maximum Gasteiger partial charge on any atom is 0.351 e. The van der Waals surface area contributed by atoms with E-state index in [-0.39, 0.29) is 5.56 Å². The zero-order chi connectivity index (χ0) is 17.4. The summed E-state index contributed by atoms with van der Waals surface area (Å²) in [5, 5.41) is 19.5. The van der Waals surface area contributed by atoms with E-state index in [9.17, 15) is 19.8 Å². The highest BCUT2D eigenvalue weighted by atomic mass is 16.5. The second-order valence-corrected chi connectivity index (χ2v) is 5.58. The van der Waals surface area contributed by atoms with Crippen LogP contribution in [0.15, 0.2) is 14.2 Å². The Morgan fingerprint density at radius 3 is 2.26 bits per heavy atom. The van der Waals surface area contributed by atoms with Gasteiger partial charge in [0.25, 0.3) is 5.95 Å². The Morgan fingerprint density at radius 1 is 1.04 bits per heavy atom. The van der Waals surface area contributed by atoms with Crippen LogP contribution in [0.5, 0.6) is 11.7 Å². The summed E-state index contributed by atoms with van der Waals surface area (Å²) in [6.45, 7) is 5.44. The molecule has 0 saturated heterocycles. The van der Waals surface area contributed by atoms with Gasteiger partial charge in [0.05, 0.1) is 5.71 Å². The number of Topliss-reactive ketones (excluding diaryl/α,β-unsaturated/α-hetero) is 1. The van der Waals surface area contributed by atoms with Crippen molar-refractivity contribution in [2.24, 2.45) is 4.99 Å². The molecule has 0 aliphatic heterocycles. The number of carbonyl (C=O) groups is 1. The molecule has 0 aliphatic carbocycles. The van der Waals surface area contributed by atoms with Crippen molar-refractivity contribution in [2.75, 3.05) is 6.54 Å². The van der Waals surface area contributed by atoms with Gasteiger partial charge in [-0.1, -0.05) is 39.0 Å². The van der Waals surface area contributed by atoms with Crippen molar-refractivity contribution < 1.29 is 19.4 Å². The van der Waals surface area contributed by atoms with Crippen LogP contribution in [0.4, 0.5) is 0 Å². The van der Waals surface area contributed by atoms with E-state index in [1.807, 2.05) is 0 Å². The Labute approximate surface area is 135 Å². The van der Waals surface area contributed by atoms with Crippen molar-refractivity contribution in [1.29, 1.82) is 0 Å². The van der Waals surface area contributed by atoms with Gasteiger partial charge >= 0.3 is 5.63 Å². The van der Waals surface area contributed by atoms with Gasteiger partial charge in [0, 0.05) is 6.54 Å². The average Bonchev–Trinajstić information content (AvgIpc) is 2.45. The molecule has 0 unspecified atom stereocenters. The van der Waals surface area contributed by atoms with E-state index < -0.39 is 28.7 Å². The molecule has 0 fully saturated rings. The van der Waals surface area contributed by atoms with Crippen LogP contribution < -0.4 is 5.63 Å². The molecule has 0 spiro atoms. The van der Waals surface area contributed by atoms with Crippen LogP contribution in [0.25, 0.3) is 0 Å². The van der Waals surface area contributed by atoms with Gasteiger partial charge in [-0.3, -0.25) is 9.79 Å². The summed E-state index contributed by atoms with van der Waals surface area (Å²) < 4.78 is 4.61. The van der Waals surface area contributed by atoms with Crippen LogP contribution in [0, 0.1) is 0 Å². The fraction of sp³-hybridized carbons (Fsp3) is 0.588. The lowest BCUT2D eigenvalue weighted by Crippen LogP contribution is -2.15. The minimum absolute atomic E-state index is 0.168. The summed E-state index contributed by atoms with van der Waals surface area (Å²) in [4.78, 5) is 27.5. The topological polar surface area (TPSA) is 100 Å². The fourth-order valence-electron chi connectivity index (χ4n) is 2.37. The molecule has 0 saturated carbocycles. The maximum atomic E-state index is 11.8. The molecule has 1 aromatic rings. The normalized spacial score (nSPS) is 11.7. The largest absolute Gasteiger partial charge is 0.506 e. The molecule has 0 aromatic carbocycles. The van der Waals surface area contributed by atoms with Crippen LogP contribution in [0.3, 0.4) is 0 Å². The van der Waals surface area contributed by atoms with Crippen molar-refractivity contribution in [3.8, 4) is 11.7 Å². The highest BCUT2D eigenvalue weighted by Gasteiger charge is 2.23. The van der Waals surface area contributed by atoms with Crippen molar-refractivity contribution in [3.63, 3.8) is 0 Å². The first-order valence-corrected chi connectivity index (χ1v) is 8.01. The van der Waals surface area contributed by atoms with Crippen molar-refractivity contribution in [2.45, 2.75) is 59.3 Å². The summed E-state index contributed by atoms with van der Waals surface area (Å²) in [7, 11) is 0. The third-order valence-electron chi connectivity index (χ3n) is 3.66. The molecule has 0 bridgehead atoms. The van der Waals surface area contributed by atoms with Crippen LogP contribution in [-0.4, -0.2) is 28.3 Å². The summed E-state index contributed by atoms with van der Waals surface area (Å²) in [6, 6.07) is 0. The van der Waals surface area contributed by atoms with Crippen molar-refractivity contribution in [3.05, 3.63) is 21.5 Å². The minimum Gasteiger partial charge on any atom is -0.506 e. The van der Waals surface area contributed by atoms with Gasteiger partial charge in [-0.05, 0) is 20.3 Å². The van der Waals surface area contributed by atoms with Gasteiger partial charge in [0.2, 0.25) is 0 Å². The molecule has 2 N–H and O–H groups in total. The molecule has 0 radical (unpaired) electrons. The maximum absolute atomic E-state index is 11.8. The SMILES string of the molecule is CCCCCCCCN=C(C)c1c(O)c(C(C)=O)c(O)oc1=O. The first kappa shape index (κ1) is 18.9. The number of aromatic hydroxyl groups is 2. The van der Waals surface area contributed by atoms with E-state index in [4.69, 9.17) is 0 Å². The molecular weight excluding hydrogens is 298 g/mol. The van der Waals surface area contributed by atoms with Crippen LogP contribution >= 0.6 is 0 Å². The number of hydrogen-bond donors (Lipinski definition) is 2. The quantitative estimate of drug-likeness (QED) is 0.412. The highest BCUT2D eigenvalue weighted by molar-refractivity contribution is 6.06. The molecule has 6 heteroatoms. The third kappa shape index (κ3) is 5.23. The van der Waals surface area contributed by atoms with E-state index in [2.05, 4.69) is 16.3 Å². The van der Waals surface area contributed by atoms with Crippen LogP contribution in [0.1, 0.15) is 75.2 Å². The lowest BCUT2D eigenvalue weighted by atomic mass is 10.1. The van der Waals surface area contributed by atoms with Gasteiger partial charge < -0.3 is 14.6 Å². The Hall–Kier alpha value is -2.11. The molecule has 1 aromatic heterocycles. The lowest BCUT2D eigenvalue weighted by molar-refractivity contribution is 0.100. The van der Waals surface area contributed by atoms with E-state index in [1.54, 1.807) is 6.92 Å². The second-order valence-electron chi connectivity index (χ2n) is 5.58. The van der Waals surface area contributed by atoms with Gasteiger partial charge in [-0.2, -0.15) is 0 Å². The fourth-order valence-corrected chi connectivity index (χ4v) is 2.37. The van der Waals surface area contributed by atoms with Crippen molar-refractivity contribution in [1.82, 2.24) is 0 Å². The number of rotatable bonds is 9. The number of hydrogen-bond acceptors (Lipinski definition) is 6. The molecule has 0 amide bonds. The van der Waals surface area contributed by atoms with Gasteiger partial charge in [-0.25, -0.2) is 4.79 Å². The predicted octanol–water partition coefficient (Wildman–Crippen LogP) is 3.42. The first-order chi connectivity index (χ1) is 10.9. The van der Waals surface area contributed by atoms with Crippen LogP contribution in [0.2, 0.25) is 0 Å².